The fourth-order valence-corrected chi connectivity index (χ4v) is 3.22. The molecule has 1 aliphatic heterocycles. The van der Waals surface area contributed by atoms with E-state index in [1.54, 1.807) is 12.4 Å². The second kappa shape index (κ2) is 10.9. The van der Waals surface area contributed by atoms with Crippen LogP contribution in [0.25, 0.3) is 0 Å². The average molecular weight is 482 g/mol. The van der Waals surface area contributed by atoms with E-state index in [1.807, 2.05) is 25.2 Å². The Hall–Kier alpha value is -2.10. The number of aromatic amines is 1. The van der Waals surface area contributed by atoms with E-state index in [0.717, 1.165) is 49.0 Å². The summed E-state index contributed by atoms with van der Waals surface area (Å²) in [6.07, 6.45) is 5.40. The average Bonchev–Trinajstić information content (AvgIpc) is 3.23. The van der Waals surface area contributed by atoms with E-state index in [4.69, 9.17) is 4.74 Å². The van der Waals surface area contributed by atoms with Crippen molar-refractivity contribution in [3.63, 3.8) is 0 Å². The predicted molar refractivity (Wildman–Crippen MR) is 118 cm³/mol. The minimum atomic E-state index is 0. The molecule has 1 aromatic heterocycles. The lowest BCUT2D eigenvalue weighted by molar-refractivity contribution is 0.298. The van der Waals surface area contributed by atoms with Gasteiger partial charge in [-0.05, 0) is 18.9 Å². The summed E-state index contributed by atoms with van der Waals surface area (Å²) in [5, 5.41) is 10.4. The number of likely N-dealkylation sites (tertiary alicyclic amines) is 1. The van der Waals surface area contributed by atoms with Crippen molar-refractivity contribution in [3.8, 4) is 5.75 Å². The number of rotatable bonds is 6. The zero-order valence-corrected chi connectivity index (χ0v) is 17.9. The molecule has 0 radical (unpaired) electrons. The van der Waals surface area contributed by atoms with Crippen molar-refractivity contribution in [2.75, 3.05) is 26.7 Å². The van der Waals surface area contributed by atoms with Crippen LogP contribution < -0.4 is 10.1 Å². The molecule has 0 bridgehead atoms. The molecule has 2 heterocycles. The molecule has 0 aliphatic carbocycles. The quantitative estimate of drug-likeness (QED) is 0.287. The Balaban J connectivity index is 0.00000261. The lowest BCUT2D eigenvalue weighted by Crippen LogP contribution is -2.45. The van der Waals surface area contributed by atoms with Crippen LogP contribution in [-0.4, -0.2) is 52.8 Å². The number of nitrogens with one attached hydrogen (secondary N) is 2. The molecular formula is C19H27IN6O. The highest BCUT2D eigenvalue weighted by molar-refractivity contribution is 14.0. The van der Waals surface area contributed by atoms with Crippen LogP contribution in [0.5, 0.6) is 5.75 Å². The van der Waals surface area contributed by atoms with Crippen molar-refractivity contribution in [2.24, 2.45) is 4.99 Å². The molecule has 0 unspecified atom stereocenters. The van der Waals surface area contributed by atoms with Gasteiger partial charge >= 0.3 is 0 Å². The molecule has 8 heteroatoms. The van der Waals surface area contributed by atoms with Gasteiger partial charge in [0.05, 0.1) is 0 Å². The van der Waals surface area contributed by atoms with E-state index in [-0.39, 0.29) is 24.0 Å². The molecule has 1 aliphatic rings. The molecule has 2 aromatic rings. The molecule has 0 amide bonds. The van der Waals surface area contributed by atoms with Gasteiger partial charge in [-0.1, -0.05) is 30.9 Å². The Morgan fingerprint density at radius 3 is 2.85 bits per heavy atom. The van der Waals surface area contributed by atoms with E-state index < -0.39 is 0 Å². The van der Waals surface area contributed by atoms with E-state index in [1.165, 1.54) is 0 Å². The number of H-pyrrole nitrogens is 1. The number of benzene rings is 1. The van der Waals surface area contributed by atoms with Crippen molar-refractivity contribution in [3.05, 3.63) is 54.6 Å². The Morgan fingerprint density at radius 1 is 1.41 bits per heavy atom. The van der Waals surface area contributed by atoms with Crippen LogP contribution in [0.3, 0.4) is 0 Å². The van der Waals surface area contributed by atoms with Gasteiger partial charge in [-0.3, -0.25) is 10.1 Å². The normalized spacial score (nSPS) is 15.1. The van der Waals surface area contributed by atoms with Gasteiger partial charge in [-0.25, -0.2) is 4.98 Å². The number of hydrogen-bond acceptors (Lipinski definition) is 4. The topological polar surface area (TPSA) is 78.4 Å². The number of guanidine groups is 1. The molecular weight excluding hydrogens is 455 g/mol. The molecule has 27 heavy (non-hydrogen) atoms. The van der Waals surface area contributed by atoms with Crippen LogP contribution in [0.2, 0.25) is 0 Å². The van der Waals surface area contributed by atoms with Crippen molar-refractivity contribution >= 4 is 29.9 Å². The number of para-hydroxylation sites is 1. The van der Waals surface area contributed by atoms with E-state index in [0.29, 0.717) is 19.1 Å². The smallest absolute Gasteiger partial charge is 0.193 e. The number of hydrogen-bond donors (Lipinski definition) is 2. The maximum atomic E-state index is 5.73. The van der Waals surface area contributed by atoms with Crippen molar-refractivity contribution < 1.29 is 4.74 Å². The number of nitrogens with zero attached hydrogens (tertiary/aromatic N) is 4. The fraction of sp³-hybridized carbons (Fsp3) is 0.421. The molecule has 0 atom stereocenters. The Kier molecular flexibility index (Phi) is 8.56. The second-order valence-corrected chi connectivity index (χ2v) is 6.24. The van der Waals surface area contributed by atoms with Crippen molar-refractivity contribution in [1.82, 2.24) is 25.4 Å². The largest absolute Gasteiger partial charge is 0.489 e. The molecule has 1 saturated heterocycles. The van der Waals surface area contributed by atoms with Gasteiger partial charge in [-0.2, -0.15) is 5.10 Å². The number of piperidine rings is 1. The van der Waals surface area contributed by atoms with E-state index in [9.17, 15) is 0 Å². The lowest BCUT2D eigenvalue weighted by Gasteiger charge is -2.33. The maximum absolute atomic E-state index is 5.73. The highest BCUT2D eigenvalue weighted by Gasteiger charge is 2.24. The first-order chi connectivity index (χ1) is 12.8. The Morgan fingerprint density at radius 2 is 2.19 bits per heavy atom. The lowest BCUT2D eigenvalue weighted by atomic mass is 9.96. The van der Waals surface area contributed by atoms with Gasteiger partial charge in [0, 0.05) is 38.2 Å². The van der Waals surface area contributed by atoms with Gasteiger partial charge in [0.2, 0.25) is 0 Å². The minimum absolute atomic E-state index is 0. The summed E-state index contributed by atoms with van der Waals surface area (Å²) < 4.78 is 5.73. The highest BCUT2D eigenvalue weighted by atomic mass is 127. The SMILES string of the molecule is C=CCOc1ccccc1CNC(=NC)N1CCC(c2ncn[nH]2)CC1.I. The van der Waals surface area contributed by atoms with Crippen LogP contribution >= 0.6 is 24.0 Å². The van der Waals surface area contributed by atoms with Gasteiger partial charge in [-0.15, -0.1) is 24.0 Å². The summed E-state index contributed by atoms with van der Waals surface area (Å²) in [6.45, 7) is 6.76. The third-order valence-corrected chi connectivity index (χ3v) is 4.59. The summed E-state index contributed by atoms with van der Waals surface area (Å²) in [7, 11) is 1.82. The van der Waals surface area contributed by atoms with Gasteiger partial charge in [0.25, 0.3) is 0 Å². The van der Waals surface area contributed by atoms with Gasteiger partial charge < -0.3 is 15.0 Å². The van der Waals surface area contributed by atoms with Gasteiger partial charge in [0.1, 0.15) is 24.5 Å². The highest BCUT2D eigenvalue weighted by Crippen LogP contribution is 2.25. The van der Waals surface area contributed by atoms with Crippen LogP contribution in [0.1, 0.15) is 30.1 Å². The Labute approximate surface area is 177 Å². The third-order valence-electron chi connectivity index (χ3n) is 4.59. The van der Waals surface area contributed by atoms with E-state index >= 15 is 0 Å². The summed E-state index contributed by atoms with van der Waals surface area (Å²) in [6, 6.07) is 8.04. The molecule has 146 valence electrons. The molecule has 7 nitrogen and oxygen atoms in total. The molecule has 0 spiro atoms. The molecule has 1 aromatic carbocycles. The monoisotopic (exact) mass is 482 g/mol. The number of ether oxygens (including phenoxy) is 1. The van der Waals surface area contributed by atoms with Crippen molar-refractivity contribution in [2.45, 2.75) is 25.3 Å². The standard InChI is InChI=1S/C19H26N6O.HI/c1-3-12-26-17-7-5-4-6-16(17)13-21-19(20-2)25-10-8-15(9-11-25)18-22-14-23-24-18;/h3-7,14-15H,1,8-13H2,2H3,(H,20,21)(H,22,23,24);1H. The molecule has 1 fully saturated rings. The van der Waals surface area contributed by atoms with Crippen LogP contribution in [0, 0.1) is 0 Å². The number of halogens is 1. The van der Waals surface area contributed by atoms with E-state index in [2.05, 4.69) is 43.0 Å². The zero-order chi connectivity index (χ0) is 18.2. The molecule has 2 N–H and O–H groups in total. The summed E-state index contributed by atoms with van der Waals surface area (Å²) in [5.74, 6) is 3.22. The Bertz CT molecular complexity index is 726. The number of aromatic nitrogens is 3. The number of aliphatic imine (C=N–C) groups is 1. The van der Waals surface area contributed by atoms with Crippen molar-refractivity contribution in [1.29, 1.82) is 0 Å². The molecule has 0 saturated carbocycles. The molecule has 3 rings (SSSR count). The van der Waals surface area contributed by atoms with Crippen LogP contribution in [0.4, 0.5) is 0 Å². The predicted octanol–water partition coefficient (Wildman–Crippen LogP) is 2.94. The van der Waals surface area contributed by atoms with Crippen LogP contribution in [-0.2, 0) is 6.54 Å². The van der Waals surface area contributed by atoms with Gasteiger partial charge in [0.15, 0.2) is 5.96 Å². The maximum Gasteiger partial charge on any atom is 0.193 e. The minimum Gasteiger partial charge on any atom is -0.489 e. The van der Waals surface area contributed by atoms with Crippen LogP contribution in [0.15, 0.2) is 48.2 Å². The second-order valence-electron chi connectivity index (χ2n) is 6.24. The fourth-order valence-electron chi connectivity index (χ4n) is 3.22. The first kappa shape index (κ1) is 21.2. The summed E-state index contributed by atoms with van der Waals surface area (Å²) >= 11 is 0. The zero-order valence-electron chi connectivity index (χ0n) is 15.6. The first-order valence-electron chi connectivity index (χ1n) is 8.94. The third kappa shape index (κ3) is 5.69. The summed E-state index contributed by atoms with van der Waals surface area (Å²) in [4.78, 5) is 11.0. The first-order valence-corrected chi connectivity index (χ1v) is 8.94. The summed E-state index contributed by atoms with van der Waals surface area (Å²) in [5.41, 5.74) is 1.10.